The van der Waals surface area contributed by atoms with E-state index in [9.17, 15) is 13.2 Å². The molecule has 0 bridgehead atoms. The topological polar surface area (TPSA) is 27.0 Å². The summed E-state index contributed by atoms with van der Waals surface area (Å²) in [6, 6.07) is 5.64. The minimum Gasteiger partial charge on any atom is -0.370 e. The largest absolute Gasteiger partial charge is 0.417 e. The van der Waals surface area contributed by atoms with E-state index in [1.165, 1.54) is 6.07 Å². The molecule has 1 aliphatic rings. The lowest BCUT2D eigenvalue weighted by molar-refractivity contribution is -0.137. The van der Waals surface area contributed by atoms with Crippen LogP contribution in [0.2, 0.25) is 0 Å². The zero-order chi connectivity index (χ0) is 13.2. The normalized spacial score (nSPS) is 16.4. The first-order valence-corrected chi connectivity index (χ1v) is 5.89. The molecule has 2 nitrogen and oxygen atoms in total. The first-order chi connectivity index (χ1) is 8.54. The number of anilines is 1. The Morgan fingerprint density at radius 2 is 1.78 bits per heavy atom. The van der Waals surface area contributed by atoms with Crippen molar-refractivity contribution in [1.29, 1.82) is 5.26 Å². The molecule has 0 aromatic heterocycles. The highest BCUT2D eigenvalue weighted by Gasteiger charge is 2.35. The van der Waals surface area contributed by atoms with Crippen molar-refractivity contribution in [3.63, 3.8) is 0 Å². The Hall–Kier alpha value is -1.70. The van der Waals surface area contributed by atoms with Gasteiger partial charge >= 0.3 is 6.18 Å². The fourth-order valence-corrected chi connectivity index (χ4v) is 2.29. The van der Waals surface area contributed by atoms with Gasteiger partial charge in [0.15, 0.2) is 0 Å². The molecule has 0 unspecified atom stereocenters. The lowest BCUT2D eigenvalue weighted by Crippen LogP contribution is -2.30. The van der Waals surface area contributed by atoms with Gasteiger partial charge in [0.2, 0.25) is 0 Å². The predicted octanol–water partition coefficient (Wildman–Crippen LogP) is 3.57. The third kappa shape index (κ3) is 2.42. The maximum absolute atomic E-state index is 12.8. The van der Waals surface area contributed by atoms with Gasteiger partial charge in [0.05, 0.1) is 16.8 Å². The maximum Gasteiger partial charge on any atom is 0.417 e. The second-order valence-corrected chi connectivity index (χ2v) is 4.36. The van der Waals surface area contributed by atoms with Gasteiger partial charge in [-0.25, -0.2) is 0 Å². The maximum atomic E-state index is 12.8. The minimum absolute atomic E-state index is 0.257. The smallest absolute Gasteiger partial charge is 0.370 e. The number of benzene rings is 1. The van der Waals surface area contributed by atoms with Crippen LogP contribution in [-0.2, 0) is 6.18 Å². The summed E-state index contributed by atoms with van der Waals surface area (Å²) in [5.41, 5.74) is -0.688. The van der Waals surface area contributed by atoms with Crippen LogP contribution >= 0.6 is 0 Å². The van der Waals surface area contributed by atoms with Gasteiger partial charge in [0.1, 0.15) is 6.07 Å². The fourth-order valence-electron chi connectivity index (χ4n) is 2.29. The van der Waals surface area contributed by atoms with Gasteiger partial charge in [-0.15, -0.1) is 0 Å². The summed E-state index contributed by atoms with van der Waals surface area (Å²) in [6.07, 6.45) is -1.46. The number of rotatable bonds is 1. The van der Waals surface area contributed by atoms with E-state index < -0.39 is 11.7 Å². The van der Waals surface area contributed by atoms with Crippen LogP contribution in [0.5, 0.6) is 0 Å². The van der Waals surface area contributed by atoms with Crippen LogP contribution in [0.1, 0.15) is 30.4 Å². The third-order valence-electron chi connectivity index (χ3n) is 3.16. The van der Waals surface area contributed by atoms with Gasteiger partial charge in [-0.2, -0.15) is 18.4 Å². The van der Waals surface area contributed by atoms with Crippen molar-refractivity contribution in [3.05, 3.63) is 29.3 Å². The van der Waals surface area contributed by atoms with Crippen LogP contribution in [0.4, 0.5) is 18.9 Å². The van der Waals surface area contributed by atoms with E-state index in [-0.39, 0.29) is 5.56 Å². The Morgan fingerprint density at radius 1 is 1.11 bits per heavy atom. The Kier molecular flexibility index (Phi) is 3.46. The fraction of sp³-hybridized carbons (Fsp3) is 0.462. The Labute approximate surface area is 104 Å². The molecule has 1 saturated heterocycles. The molecular formula is C13H13F3N2. The van der Waals surface area contributed by atoms with Gasteiger partial charge < -0.3 is 4.90 Å². The summed E-state index contributed by atoms with van der Waals surface area (Å²) < 4.78 is 38.4. The number of alkyl halides is 3. The number of piperidine rings is 1. The molecule has 0 amide bonds. The van der Waals surface area contributed by atoms with Crippen molar-refractivity contribution in [1.82, 2.24) is 0 Å². The molecule has 5 heteroatoms. The number of nitriles is 1. The van der Waals surface area contributed by atoms with Gasteiger partial charge in [-0.05, 0) is 31.4 Å². The van der Waals surface area contributed by atoms with E-state index in [2.05, 4.69) is 0 Å². The lowest BCUT2D eigenvalue weighted by atomic mass is 10.0. The summed E-state index contributed by atoms with van der Waals surface area (Å²) in [4.78, 5) is 1.87. The van der Waals surface area contributed by atoms with Crippen molar-refractivity contribution in [2.75, 3.05) is 18.0 Å². The van der Waals surface area contributed by atoms with Crippen molar-refractivity contribution in [3.8, 4) is 6.07 Å². The monoisotopic (exact) mass is 254 g/mol. The van der Waals surface area contributed by atoms with E-state index in [1.54, 1.807) is 12.1 Å². The molecule has 0 N–H and O–H groups in total. The van der Waals surface area contributed by atoms with Crippen LogP contribution in [0, 0.1) is 11.3 Å². The molecule has 96 valence electrons. The molecular weight excluding hydrogens is 241 g/mol. The Bertz CT molecular complexity index is 468. The standard InChI is InChI=1S/C13H13F3N2/c14-13(15,16)11-5-4-6-12(10(11)9-17)18-7-2-1-3-8-18/h4-6H,1-3,7-8H2. The van der Waals surface area contributed by atoms with Gasteiger partial charge in [0.25, 0.3) is 0 Å². The molecule has 1 heterocycles. The SMILES string of the molecule is N#Cc1c(N2CCCCC2)cccc1C(F)(F)F. The minimum atomic E-state index is -4.48. The highest BCUT2D eigenvalue weighted by molar-refractivity contribution is 5.63. The first kappa shape index (κ1) is 12.7. The number of nitrogens with zero attached hydrogens (tertiary/aromatic N) is 2. The first-order valence-electron chi connectivity index (χ1n) is 5.89. The van der Waals surface area contributed by atoms with Gasteiger partial charge in [-0.3, -0.25) is 0 Å². The Balaban J connectivity index is 2.45. The van der Waals surface area contributed by atoms with E-state index in [1.807, 2.05) is 4.90 Å². The van der Waals surface area contributed by atoms with Crippen LogP contribution < -0.4 is 4.90 Å². The molecule has 2 rings (SSSR count). The van der Waals surface area contributed by atoms with Gasteiger partial charge in [-0.1, -0.05) is 6.07 Å². The van der Waals surface area contributed by atoms with Crippen molar-refractivity contribution >= 4 is 5.69 Å². The average molecular weight is 254 g/mol. The van der Waals surface area contributed by atoms with Crippen molar-refractivity contribution in [2.45, 2.75) is 25.4 Å². The average Bonchev–Trinajstić information content (AvgIpc) is 2.37. The molecule has 0 spiro atoms. The number of hydrogen-bond donors (Lipinski definition) is 0. The molecule has 1 aliphatic heterocycles. The molecule has 1 fully saturated rings. The molecule has 1 aromatic rings. The predicted molar refractivity (Wildman–Crippen MR) is 62.2 cm³/mol. The van der Waals surface area contributed by atoms with E-state index in [0.29, 0.717) is 5.69 Å². The lowest BCUT2D eigenvalue weighted by Gasteiger charge is -2.30. The number of hydrogen-bond acceptors (Lipinski definition) is 2. The van der Waals surface area contributed by atoms with Crippen molar-refractivity contribution < 1.29 is 13.2 Å². The van der Waals surface area contributed by atoms with Crippen LogP contribution in [-0.4, -0.2) is 13.1 Å². The third-order valence-corrected chi connectivity index (χ3v) is 3.16. The van der Waals surface area contributed by atoms with Crippen LogP contribution in [0.3, 0.4) is 0 Å². The van der Waals surface area contributed by atoms with Gasteiger partial charge in [0, 0.05) is 13.1 Å². The summed E-state index contributed by atoms with van der Waals surface area (Å²) in [7, 11) is 0. The number of halogens is 3. The highest BCUT2D eigenvalue weighted by Crippen LogP contribution is 2.36. The van der Waals surface area contributed by atoms with E-state index in [0.717, 1.165) is 38.4 Å². The quantitative estimate of drug-likeness (QED) is 0.766. The van der Waals surface area contributed by atoms with Crippen molar-refractivity contribution in [2.24, 2.45) is 0 Å². The molecule has 0 aliphatic carbocycles. The zero-order valence-corrected chi connectivity index (χ0v) is 9.80. The second kappa shape index (κ2) is 4.89. The van der Waals surface area contributed by atoms with Crippen LogP contribution in [0.15, 0.2) is 18.2 Å². The molecule has 0 atom stereocenters. The molecule has 0 radical (unpaired) electrons. The summed E-state index contributed by atoms with van der Waals surface area (Å²) in [5, 5.41) is 9.02. The summed E-state index contributed by atoms with van der Waals surface area (Å²) >= 11 is 0. The molecule has 18 heavy (non-hydrogen) atoms. The van der Waals surface area contributed by atoms with E-state index >= 15 is 0 Å². The highest BCUT2D eigenvalue weighted by atomic mass is 19.4. The van der Waals surface area contributed by atoms with E-state index in [4.69, 9.17) is 5.26 Å². The molecule has 0 saturated carbocycles. The van der Waals surface area contributed by atoms with Crippen LogP contribution in [0.25, 0.3) is 0 Å². The summed E-state index contributed by atoms with van der Waals surface area (Å²) in [5.74, 6) is 0. The molecule has 1 aromatic carbocycles. The second-order valence-electron chi connectivity index (χ2n) is 4.36. The Morgan fingerprint density at radius 3 is 2.33 bits per heavy atom. The summed E-state index contributed by atoms with van der Waals surface area (Å²) in [6.45, 7) is 1.44. The zero-order valence-electron chi connectivity index (χ0n) is 9.80.